The zero-order valence-corrected chi connectivity index (χ0v) is 11.8. The van der Waals surface area contributed by atoms with Gasteiger partial charge in [-0.1, -0.05) is 26.2 Å². The maximum Gasteiger partial charge on any atom is 0.127 e. The second-order valence-electron chi connectivity index (χ2n) is 5.48. The highest BCUT2D eigenvalue weighted by Crippen LogP contribution is 2.31. The number of aliphatic hydroxyl groups is 1. The summed E-state index contributed by atoms with van der Waals surface area (Å²) in [5, 5.41) is 16.5. The third kappa shape index (κ3) is 3.83. The van der Waals surface area contributed by atoms with Crippen LogP contribution >= 0.6 is 0 Å². The van der Waals surface area contributed by atoms with Crippen LogP contribution in [0.15, 0.2) is 18.3 Å². The summed E-state index contributed by atoms with van der Waals surface area (Å²) in [5.41, 5.74) is 0.909. The third-order valence-corrected chi connectivity index (χ3v) is 3.84. The lowest BCUT2D eigenvalue weighted by Crippen LogP contribution is -2.43. The minimum atomic E-state index is -0.137. The maximum absolute atomic E-state index is 9.72. The maximum atomic E-state index is 9.72. The van der Waals surface area contributed by atoms with Gasteiger partial charge in [0.05, 0.1) is 12.1 Å². The van der Waals surface area contributed by atoms with E-state index in [1.807, 2.05) is 18.3 Å². The lowest BCUT2D eigenvalue weighted by Gasteiger charge is -2.37. The van der Waals surface area contributed by atoms with Crippen LogP contribution in [0.25, 0.3) is 0 Å². The Kier molecular flexibility index (Phi) is 5.02. The highest BCUT2D eigenvalue weighted by molar-refractivity contribution is 5.53. The van der Waals surface area contributed by atoms with Gasteiger partial charge in [0.25, 0.3) is 0 Å². The first kappa shape index (κ1) is 14.1. The Labute approximate surface area is 115 Å². The van der Waals surface area contributed by atoms with Crippen molar-refractivity contribution in [3.63, 3.8) is 0 Å². The number of anilines is 2. The zero-order valence-electron chi connectivity index (χ0n) is 11.8. The molecule has 19 heavy (non-hydrogen) atoms. The van der Waals surface area contributed by atoms with Crippen molar-refractivity contribution in [1.82, 2.24) is 4.98 Å². The highest BCUT2D eigenvalue weighted by atomic mass is 16.3. The fourth-order valence-electron chi connectivity index (χ4n) is 2.72. The van der Waals surface area contributed by atoms with Crippen LogP contribution in [0.3, 0.4) is 0 Å². The van der Waals surface area contributed by atoms with Crippen molar-refractivity contribution in [3.05, 3.63) is 18.3 Å². The Morgan fingerprint density at radius 3 is 2.79 bits per heavy atom. The topological polar surface area (TPSA) is 57.2 Å². The molecule has 1 aliphatic carbocycles. The van der Waals surface area contributed by atoms with Gasteiger partial charge in [0, 0.05) is 24.5 Å². The normalized spacial score (nSPS) is 18.0. The van der Waals surface area contributed by atoms with Crippen molar-refractivity contribution in [2.75, 3.05) is 23.8 Å². The molecule has 1 aliphatic rings. The van der Waals surface area contributed by atoms with E-state index in [0.717, 1.165) is 37.3 Å². The summed E-state index contributed by atoms with van der Waals surface area (Å²) in [7, 11) is 0. The van der Waals surface area contributed by atoms with Gasteiger partial charge >= 0.3 is 0 Å². The lowest BCUT2D eigenvalue weighted by atomic mass is 9.82. The van der Waals surface area contributed by atoms with E-state index in [0.29, 0.717) is 0 Å². The van der Waals surface area contributed by atoms with Crippen molar-refractivity contribution in [1.29, 1.82) is 0 Å². The molecule has 0 spiro atoms. The Hall–Kier alpha value is -1.29. The molecule has 0 aliphatic heterocycles. The summed E-state index contributed by atoms with van der Waals surface area (Å²) in [6.45, 7) is 3.27. The van der Waals surface area contributed by atoms with Crippen LogP contribution in [0.1, 0.15) is 45.4 Å². The Morgan fingerprint density at radius 1 is 1.32 bits per heavy atom. The van der Waals surface area contributed by atoms with Gasteiger partial charge in [-0.05, 0) is 25.3 Å². The molecule has 1 heterocycles. The van der Waals surface area contributed by atoms with Crippen molar-refractivity contribution in [2.45, 2.75) is 51.0 Å². The predicted molar refractivity (Wildman–Crippen MR) is 79.5 cm³/mol. The summed E-state index contributed by atoms with van der Waals surface area (Å²) in [4.78, 5) is 4.30. The van der Waals surface area contributed by atoms with E-state index < -0.39 is 0 Å². The number of hydrogen-bond acceptors (Lipinski definition) is 4. The van der Waals surface area contributed by atoms with Crippen molar-refractivity contribution < 1.29 is 5.11 Å². The molecule has 0 radical (unpaired) electrons. The van der Waals surface area contributed by atoms with E-state index in [9.17, 15) is 5.11 Å². The molecular formula is C15H25N3O. The molecule has 3 N–H and O–H groups in total. The summed E-state index contributed by atoms with van der Waals surface area (Å²) in [5.74, 6) is 0.899. The molecule has 0 amide bonds. The van der Waals surface area contributed by atoms with Crippen LogP contribution in [0, 0.1) is 0 Å². The SMILES string of the molecule is CCCNc1cc(NC2(CO)CCCCC2)ccn1. The Balaban J connectivity index is 2.04. The van der Waals surface area contributed by atoms with Crippen LogP contribution in [-0.2, 0) is 0 Å². The second-order valence-corrected chi connectivity index (χ2v) is 5.48. The van der Waals surface area contributed by atoms with Crippen LogP contribution < -0.4 is 10.6 Å². The molecule has 1 aromatic rings. The molecule has 106 valence electrons. The molecule has 0 atom stereocenters. The van der Waals surface area contributed by atoms with E-state index in [-0.39, 0.29) is 12.1 Å². The van der Waals surface area contributed by atoms with Crippen LogP contribution in [0.2, 0.25) is 0 Å². The fourth-order valence-corrected chi connectivity index (χ4v) is 2.72. The smallest absolute Gasteiger partial charge is 0.127 e. The molecule has 0 saturated heterocycles. The van der Waals surface area contributed by atoms with Crippen molar-refractivity contribution in [3.8, 4) is 0 Å². The summed E-state index contributed by atoms with van der Waals surface area (Å²) < 4.78 is 0. The van der Waals surface area contributed by atoms with Gasteiger partial charge < -0.3 is 15.7 Å². The van der Waals surface area contributed by atoms with E-state index in [1.54, 1.807) is 0 Å². The number of pyridine rings is 1. The minimum absolute atomic E-state index is 0.137. The monoisotopic (exact) mass is 263 g/mol. The number of nitrogens with one attached hydrogen (secondary N) is 2. The first-order chi connectivity index (χ1) is 9.28. The fraction of sp³-hybridized carbons (Fsp3) is 0.667. The largest absolute Gasteiger partial charge is 0.394 e. The van der Waals surface area contributed by atoms with Gasteiger partial charge in [-0.3, -0.25) is 0 Å². The van der Waals surface area contributed by atoms with Gasteiger partial charge in [0.15, 0.2) is 0 Å². The van der Waals surface area contributed by atoms with Crippen LogP contribution in [0.4, 0.5) is 11.5 Å². The lowest BCUT2D eigenvalue weighted by molar-refractivity contribution is 0.173. The van der Waals surface area contributed by atoms with Crippen LogP contribution in [0.5, 0.6) is 0 Å². The molecule has 4 heteroatoms. The van der Waals surface area contributed by atoms with Gasteiger partial charge in [0.1, 0.15) is 5.82 Å². The molecule has 0 unspecified atom stereocenters. The van der Waals surface area contributed by atoms with Crippen molar-refractivity contribution >= 4 is 11.5 Å². The first-order valence-corrected chi connectivity index (χ1v) is 7.37. The molecule has 0 bridgehead atoms. The van der Waals surface area contributed by atoms with Gasteiger partial charge in [-0.15, -0.1) is 0 Å². The summed E-state index contributed by atoms with van der Waals surface area (Å²) >= 11 is 0. The number of aromatic nitrogens is 1. The molecule has 1 aromatic heterocycles. The molecule has 0 aromatic carbocycles. The van der Waals surface area contributed by atoms with E-state index in [4.69, 9.17) is 0 Å². The Morgan fingerprint density at radius 2 is 2.11 bits per heavy atom. The summed E-state index contributed by atoms with van der Waals surface area (Å²) in [6, 6.07) is 4.00. The standard InChI is InChI=1S/C15H25N3O/c1-2-9-16-14-11-13(6-10-17-14)18-15(12-19)7-4-3-5-8-15/h6,10-11,19H,2-5,7-9,12H2,1H3,(H2,16,17,18). The average Bonchev–Trinajstić information content (AvgIpc) is 2.46. The van der Waals surface area contributed by atoms with Gasteiger partial charge in [-0.2, -0.15) is 0 Å². The number of nitrogens with zero attached hydrogens (tertiary/aromatic N) is 1. The summed E-state index contributed by atoms with van der Waals surface area (Å²) in [6.07, 6.45) is 8.66. The molecule has 1 fully saturated rings. The Bertz CT molecular complexity index is 389. The third-order valence-electron chi connectivity index (χ3n) is 3.84. The van der Waals surface area contributed by atoms with Gasteiger partial charge in [0.2, 0.25) is 0 Å². The molecule has 1 saturated carbocycles. The van der Waals surface area contributed by atoms with Gasteiger partial charge in [-0.25, -0.2) is 4.98 Å². The first-order valence-electron chi connectivity index (χ1n) is 7.37. The van der Waals surface area contributed by atoms with E-state index >= 15 is 0 Å². The highest BCUT2D eigenvalue weighted by Gasteiger charge is 2.31. The predicted octanol–water partition coefficient (Wildman–Crippen LogP) is 3.01. The van der Waals surface area contributed by atoms with Crippen molar-refractivity contribution in [2.24, 2.45) is 0 Å². The number of hydrogen-bond donors (Lipinski definition) is 3. The van der Waals surface area contributed by atoms with Crippen LogP contribution in [-0.4, -0.2) is 28.8 Å². The molecule has 2 rings (SSSR count). The van der Waals surface area contributed by atoms with E-state index in [2.05, 4.69) is 22.5 Å². The van der Waals surface area contributed by atoms with E-state index in [1.165, 1.54) is 19.3 Å². The average molecular weight is 263 g/mol. The molecular weight excluding hydrogens is 238 g/mol. The quantitative estimate of drug-likeness (QED) is 0.738. The number of rotatable bonds is 6. The molecule has 4 nitrogen and oxygen atoms in total. The number of aliphatic hydroxyl groups excluding tert-OH is 1. The zero-order chi connectivity index (χ0) is 13.6. The second kappa shape index (κ2) is 6.75. The minimum Gasteiger partial charge on any atom is -0.394 e.